The molecule has 0 aliphatic carbocycles. The van der Waals surface area contributed by atoms with Crippen molar-refractivity contribution in [3.63, 3.8) is 0 Å². The van der Waals surface area contributed by atoms with Crippen LogP contribution in [0.2, 0.25) is 0 Å². The van der Waals surface area contributed by atoms with E-state index in [9.17, 15) is 14.0 Å². The van der Waals surface area contributed by atoms with E-state index in [4.69, 9.17) is 0 Å². The molecule has 5 nitrogen and oxygen atoms in total. The van der Waals surface area contributed by atoms with Crippen molar-refractivity contribution in [1.82, 2.24) is 15.1 Å². The molecule has 6 heteroatoms. The van der Waals surface area contributed by atoms with E-state index in [-0.39, 0.29) is 17.8 Å². The van der Waals surface area contributed by atoms with E-state index in [2.05, 4.69) is 11.9 Å². The summed E-state index contributed by atoms with van der Waals surface area (Å²) in [4.78, 5) is 28.8. The molecule has 132 valence electrons. The van der Waals surface area contributed by atoms with E-state index in [1.807, 2.05) is 13.8 Å². The number of halogens is 1. The van der Waals surface area contributed by atoms with Crippen LogP contribution < -0.4 is 5.32 Å². The second-order valence-electron chi connectivity index (χ2n) is 6.77. The second kappa shape index (κ2) is 6.70. The lowest BCUT2D eigenvalue weighted by Crippen LogP contribution is -2.47. The van der Waals surface area contributed by atoms with Crippen molar-refractivity contribution in [3.8, 4) is 0 Å². The van der Waals surface area contributed by atoms with Crippen molar-refractivity contribution in [2.45, 2.75) is 19.9 Å². The van der Waals surface area contributed by atoms with Gasteiger partial charge in [-0.15, -0.1) is 6.58 Å². The quantitative estimate of drug-likeness (QED) is 0.836. The molecule has 2 heterocycles. The average Bonchev–Trinajstić information content (AvgIpc) is 2.87. The van der Waals surface area contributed by atoms with E-state index in [1.165, 1.54) is 12.1 Å². The second-order valence-corrected chi connectivity index (χ2v) is 6.77. The number of hydrogen-bond donors (Lipinski definition) is 1. The highest BCUT2D eigenvalue weighted by molar-refractivity contribution is 6.01. The lowest BCUT2D eigenvalue weighted by molar-refractivity contribution is -0.126. The number of benzene rings is 1. The van der Waals surface area contributed by atoms with Crippen LogP contribution in [0.15, 0.2) is 48.2 Å². The maximum absolute atomic E-state index is 13.2. The zero-order valence-corrected chi connectivity index (χ0v) is 14.5. The molecule has 25 heavy (non-hydrogen) atoms. The van der Waals surface area contributed by atoms with Crippen LogP contribution >= 0.6 is 0 Å². The van der Waals surface area contributed by atoms with Crippen LogP contribution in [0.25, 0.3) is 0 Å². The van der Waals surface area contributed by atoms with Gasteiger partial charge in [0.1, 0.15) is 5.82 Å². The summed E-state index contributed by atoms with van der Waals surface area (Å²) in [6, 6.07) is 5.05. The molecule has 1 N–H and O–H groups in total. The Kier molecular flexibility index (Phi) is 4.61. The van der Waals surface area contributed by atoms with Gasteiger partial charge in [-0.25, -0.2) is 9.18 Å². The monoisotopic (exact) mass is 343 g/mol. The Hall–Kier alpha value is -2.63. The summed E-state index contributed by atoms with van der Waals surface area (Å²) in [5, 5.41) is 2.87. The molecule has 0 fully saturated rings. The molecule has 0 spiro atoms. The summed E-state index contributed by atoms with van der Waals surface area (Å²) >= 11 is 0. The highest BCUT2D eigenvalue weighted by atomic mass is 19.1. The molecule has 0 bridgehead atoms. The molecule has 3 amide bonds. The Balaban J connectivity index is 2.02. The van der Waals surface area contributed by atoms with Gasteiger partial charge in [0.15, 0.2) is 0 Å². The van der Waals surface area contributed by atoms with Crippen molar-refractivity contribution in [1.29, 1.82) is 0 Å². The minimum absolute atomic E-state index is 0.0768. The zero-order valence-electron chi connectivity index (χ0n) is 14.5. The van der Waals surface area contributed by atoms with Crippen LogP contribution in [0.5, 0.6) is 0 Å². The third-order valence-corrected chi connectivity index (χ3v) is 4.40. The van der Waals surface area contributed by atoms with Crippen LogP contribution in [0.1, 0.15) is 25.5 Å². The number of amides is 3. The van der Waals surface area contributed by atoms with E-state index in [1.54, 1.807) is 28.0 Å². The predicted molar refractivity (Wildman–Crippen MR) is 93.0 cm³/mol. The first-order valence-corrected chi connectivity index (χ1v) is 8.39. The number of urea groups is 1. The molecule has 3 rings (SSSR count). The first-order valence-electron chi connectivity index (χ1n) is 8.39. The maximum atomic E-state index is 13.2. The molecule has 0 saturated carbocycles. The highest BCUT2D eigenvalue weighted by Crippen LogP contribution is 2.36. The smallest absolute Gasteiger partial charge is 0.322 e. The fraction of sp³-hybridized carbons (Fsp3) is 0.368. The third kappa shape index (κ3) is 3.16. The standard InChI is InChI=1S/C19H22FN3O2/c1-4-9-23-15-11-22(10-12(2)3)18(24)16(15)17(21-19(23)25)13-5-7-14(20)8-6-13/h4-8,12,17H,1,9-11H2,2-3H3,(H,21,25)/t17-/m1/s1. The minimum Gasteiger partial charge on any atom is -0.333 e. The molecule has 0 unspecified atom stereocenters. The normalized spacial score (nSPS) is 20.2. The topological polar surface area (TPSA) is 52.7 Å². The number of carbonyl (C=O) groups is 2. The van der Waals surface area contributed by atoms with Gasteiger partial charge in [-0.1, -0.05) is 32.1 Å². The summed E-state index contributed by atoms with van der Waals surface area (Å²) < 4.78 is 13.2. The fourth-order valence-corrected chi connectivity index (χ4v) is 3.36. The largest absolute Gasteiger partial charge is 0.333 e. The summed E-state index contributed by atoms with van der Waals surface area (Å²) in [6.45, 7) is 9.16. The van der Waals surface area contributed by atoms with Gasteiger partial charge in [-0.2, -0.15) is 0 Å². The van der Waals surface area contributed by atoms with Gasteiger partial charge < -0.3 is 10.2 Å². The first-order chi connectivity index (χ1) is 11.9. The number of rotatable bonds is 5. The Morgan fingerprint density at radius 2 is 2.00 bits per heavy atom. The summed E-state index contributed by atoms with van der Waals surface area (Å²) in [7, 11) is 0. The van der Waals surface area contributed by atoms with E-state index < -0.39 is 6.04 Å². The van der Waals surface area contributed by atoms with Crippen molar-refractivity contribution in [3.05, 3.63) is 59.6 Å². The number of carbonyl (C=O) groups excluding carboxylic acids is 2. The molecular weight excluding hydrogens is 321 g/mol. The van der Waals surface area contributed by atoms with E-state index in [0.717, 1.165) is 0 Å². The molecular formula is C19H22FN3O2. The SMILES string of the molecule is C=CCN1C(=O)N[C@H](c2ccc(F)cc2)C2=C1CN(CC(C)C)C2=O. The molecule has 0 aromatic heterocycles. The Morgan fingerprint density at radius 1 is 1.32 bits per heavy atom. The lowest BCUT2D eigenvalue weighted by Gasteiger charge is -2.33. The maximum Gasteiger partial charge on any atom is 0.322 e. The van der Waals surface area contributed by atoms with Crippen LogP contribution in [-0.4, -0.2) is 41.4 Å². The van der Waals surface area contributed by atoms with Gasteiger partial charge in [0.25, 0.3) is 5.91 Å². The zero-order chi connectivity index (χ0) is 18.1. The van der Waals surface area contributed by atoms with Crippen LogP contribution in [0.4, 0.5) is 9.18 Å². The van der Waals surface area contributed by atoms with Crippen molar-refractivity contribution >= 4 is 11.9 Å². The Bertz CT molecular complexity index is 740. The molecule has 2 aliphatic rings. The number of nitrogens with one attached hydrogen (secondary N) is 1. The average molecular weight is 343 g/mol. The molecule has 0 saturated heterocycles. The Labute approximate surface area is 146 Å². The number of hydrogen-bond acceptors (Lipinski definition) is 2. The molecule has 1 atom stereocenters. The first kappa shape index (κ1) is 17.2. The van der Waals surface area contributed by atoms with Crippen molar-refractivity contribution in [2.24, 2.45) is 5.92 Å². The predicted octanol–water partition coefficient (Wildman–Crippen LogP) is 2.83. The van der Waals surface area contributed by atoms with Crippen LogP contribution in [0, 0.1) is 11.7 Å². The molecule has 1 aromatic rings. The fourth-order valence-electron chi connectivity index (χ4n) is 3.36. The molecule has 2 aliphatic heterocycles. The van der Waals surface area contributed by atoms with Crippen molar-refractivity contribution < 1.29 is 14.0 Å². The van der Waals surface area contributed by atoms with Gasteiger partial charge in [0.2, 0.25) is 0 Å². The van der Waals surface area contributed by atoms with Crippen LogP contribution in [-0.2, 0) is 4.79 Å². The third-order valence-electron chi connectivity index (χ3n) is 4.40. The summed E-state index contributed by atoms with van der Waals surface area (Å²) in [5.41, 5.74) is 1.97. The molecule has 0 radical (unpaired) electrons. The minimum atomic E-state index is -0.561. The lowest BCUT2D eigenvalue weighted by atomic mass is 9.95. The van der Waals surface area contributed by atoms with Gasteiger partial charge in [0, 0.05) is 13.1 Å². The van der Waals surface area contributed by atoms with Crippen LogP contribution in [0.3, 0.4) is 0 Å². The van der Waals surface area contributed by atoms with Crippen molar-refractivity contribution in [2.75, 3.05) is 19.6 Å². The van der Waals surface area contributed by atoms with Gasteiger partial charge >= 0.3 is 6.03 Å². The number of nitrogens with zero attached hydrogens (tertiary/aromatic N) is 2. The highest BCUT2D eigenvalue weighted by Gasteiger charge is 2.43. The van der Waals surface area contributed by atoms with E-state index >= 15 is 0 Å². The van der Waals surface area contributed by atoms with Gasteiger partial charge in [0.05, 0.1) is 23.9 Å². The van der Waals surface area contributed by atoms with E-state index in [0.29, 0.717) is 42.4 Å². The Morgan fingerprint density at radius 3 is 2.60 bits per heavy atom. The summed E-state index contributed by atoms with van der Waals surface area (Å²) in [5.74, 6) is -0.106. The van der Waals surface area contributed by atoms with Gasteiger partial charge in [-0.05, 0) is 23.6 Å². The van der Waals surface area contributed by atoms with Gasteiger partial charge in [-0.3, -0.25) is 9.69 Å². The molecule has 1 aromatic carbocycles. The summed E-state index contributed by atoms with van der Waals surface area (Å²) in [6.07, 6.45) is 1.64.